The van der Waals surface area contributed by atoms with Crippen molar-refractivity contribution >= 4 is 12.0 Å². The van der Waals surface area contributed by atoms with Crippen molar-refractivity contribution in [3.63, 3.8) is 0 Å². The van der Waals surface area contributed by atoms with E-state index in [-0.39, 0.29) is 5.91 Å². The van der Waals surface area contributed by atoms with E-state index in [1.807, 2.05) is 54.6 Å². The third-order valence-electron chi connectivity index (χ3n) is 3.10. The number of rotatable bonds is 6. The Bertz CT molecular complexity index is 606. The van der Waals surface area contributed by atoms with Gasteiger partial charge in [0.15, 0.2) is 0 Å². The van der Waals surface area contributed by atoms with Crippen LogP contribution in [-0.4, -0.2) is 13.0 Å². The Morgan fingerprint density at radius 3 is 2.43 bits per heavy atom. The number of ether oxygens (including phenoxy) is 1. The number of amides is 1. The van der Waals surface area contributed by atoms with Gasteiger partial charge >= 0.3 is 0 Å². The van der Waals surface area contributed by atoms with Gasteiger partial charge in [-0.3, -0.25) is 4.79 Å². The van der Waals surface area contributed by atoms with Gasteiger partial charge in [0.05, 0.1) is 6.61 Å². The van der Waals surface area contributed by atoms with Crippen molar-refractivity contribution in [2.24, 2.45) is 0 Å². The number of benzene rings is 2. The molecule has 0 aliphatic rings. The second-order valence-electron chi connectivity index (χ2n) is 4.66. The maximum atomic E-state index is 11.8. The average Bonchev–Trinajstić information content (AvgIpc) is 2.53. The summed E-state index contributed by atoms with van der Waals surface area (Å²) in [4.78, 5) is 11.8. The minimum atomic E-state index is -0.105. The monoisotopic (exact) mass is 281 g/mol. The molecule has 0 heterocycles. The molecular formula is C18H19NO2. The Morgan fingerprint density at radius 1 is 1.05 bits per heavy atom. The SMILES string of the molecule is COCc1ccccc1CNC(=O)/C=C/c1ccccc1. The van der Waals surface area contributed by atoms with Crippen LogP contribution in [0.5, 0.6) is 0 Å². The molecule has 108 valence electrons. The summed E-state index contributed by atoms with van der Waals surface area (Å²) in [5.41, 5.74) is 3.17. The van der Waals surface area contributed by atoms with E-state index >= 15 is 0 Å². The predicted molar refractivity (Wildman–Crippen MR) is 84.5 cm³/mol. The van der Waals surface area contributed by atoms with Crippen LogP contribution >= 0.6 is 0 Å². The van der Waals surface area contributed by atoms with E-state index in [0.717, 1.165) is 16.7 Å². The highest BCUT2D eigenvalue weighted by molar-refractivity contribution is 5.91. The van der Waals surface area contributed by atoms with Crippen LogP contribution in [0.2, 0.25) is 0 Å². The fourth-order valence-corrected chi connectivity index (χ4v) is 2.00. The second kappa shape index (κ2) is 8.02. The van der Waals surface area contributed by atoms with Crippen LogP contribution in [0, 0.1) is 0 Å². The lowest BCUT2D eigenvalue weighted by Crippen LogP contribution is -2.21. The van der Waals surface area contributed by atoms with Crippen LogP contribution in [-0.2, 0) is 22.7 Å². The van der Waals surface area contributed by atoms with Gasteiger partial charge in [-0.1, -0.05) is 54.6 Å². The van der Waals surface area contributed by atoms with E-state index in [1.54, 1.807) is 19.3 Å². The van der Waals surface area contributed by atoms with Crippen LogP contribution in [0.3, 0.4) is 0 Å². The van der Waals surface area contributed by atoms with Crippen molar-refractivity contribution in [2.75, 3.05) is 7.11 Å². The van der Waals surface area contributed by atoms with Gasteiger partial charge in [-0.05, 0) is 22.8 Å². The number of carbonyl (C=O) groups is 1. The third kappa shape index (κ3) is 4.89. The van der Waals surface area contributed by atoms with Gasteiger partial charge in [0.1, 0.15) is 0 Å². The molecule has 1 amide bonds. The fourth-order valence-electron chi connectivity index (χ4n) is 2.00. The zero-order valence-electron chi connectivity index (χ0n) is 12.1. The maximum absolute atomic E-state index is 11.8. The smallest absolute Gasteiger partial charge is 0.244 e. The van der Waals surface area contributed by atoms with Gasteiger partial charge in [0.2, 0.25) is 5.91 Å². The molecule has 0 spiro atoms. The van der Waals surface area contributed by atoms with Crippen LogP contribution in [0.1, 0.15) is 16.7 Å². The Labute approximate surface area is 125 Å². The molecular weight excluding hydrogens is 262 g/mol. The van der Waals surface area contributed by atoms with Crippen molar-refractivity contribution in [3.05, 3.63) is 77.4 Å². The Balaban J connectivity index is 1.91. The number of carbonyl (C=O) groups excluding carboxylic acids is 1. The minimum absolute atomic E-state index is 0.105. The van der Waals surface area contributed by atoms with Crippen molar-refractivity contribution in [3.8, 4) is 0 Å². The molecule has 1 N–H and O–H groups in total. The van der Waals surface area contributed by atoms with Crippen LogP contribution in [0.4, 0.5) is 0 Å². The first-order valence-electron chi connectivity index (χ1n) is 6.86. The van der Waals surface area contributed by atoms with E-state index in [1.165, 1.54) is 0 Å². The van der Waals surface area contributed by atoms with E-state index in [0.29, 0.717) is 13.2 Å². The molecule has 0 radical (unpaired) electrons. The molecule has 21 heavy (non-hydrogen) atoms. The topological polar surface area (TPSA) is 38.3 Å². The number of hydrogen-bond acceptors (Lipinski definition) is 2. The second-order valence-corrected chi connectivity index (χ2v) is 4.66. The third-order valence-corrected chi connectivity index (χ3v) is 3.10. The molecule has 0 unspecified atom stereocenters. The zero-order chi connectivity index (χ0) is 14.9. The first kappa shape index (κ1) is 15.0. The van der Waals surface area contributed by atoms with Gasteiger partial charge in [-0.25, -0.2) is 0 Å². The molecule has 3 heteroatoms. The molecule has 2 rings (SSSR count). The Kier molecular flexibility index (Phi) is 5.73. The molecule has 0 fully saturated rings. The minimum Gasteiger partial charge on any atom is -0.380 e. The molecule has 3 nitrogen and oxygen atoms in total. The lowest BCUT2D eigenvalue weighted by Gasteiger charge is -2.08. The summed E-state index contributed by atoms with van der Waals surface area (Å²) < 4.78 is 5.15. The largest absolute Gasteiger partial charge is 0.380 e. The molecule has 0 atom stereocenters. The normalized spacial score (nSPS) is 10.7. The summed E-state index contributed by atoms with van der Waals surface area (Å²) in [5, 5.41) is 2.89. The molecule has 2 aromatic rings. The van der Waals surface area contributed by atoms with Gasteiger partial charge in [0.25, 0.3) is 0 Å². The van der Waals surface area contributed by atoms with E-state index in [2.05, 4.69) is 5.32 Å². The first-order valence-corrected chi connectivity index (χ1v) is 6.86. The van der Waals surface area contributed by atoms with Crippen molar-refractivity contribution < 1.29 is 9.53 Å². The van der Waals surface area contributed by atoms with E-state index in [9.17, 15) is 4.79 Å². The highest BCUT2D eigenvalue weighted by Gasteiger charge is 2.02. The molecule has 0 saturated heterocycles. The highest BCUT2D eigenvalue weighted by atomic mass is 16.5. The molecule has 0 bridgehead atoms. The quantitative estimate of drug-likeness (QED) is 0.826. The number of hydrogen-bond donors (Lipinski definition) is 1. The van der Waals surface area contributed by atoms with Gasteiger partial charge in [-0.15, -0.1) is 0 Å². The Hall–Kier alpha value is -2.39. The van der Waals surface area contributed by atoms with Crippen molar-refractivity contribution in [1.29, 1.82) is 0 Å². The summed E-state index contributed by atoms with van der Waals surface area (Å²) in [6, 6.07) is 17.7. The van der Waals surface area contributed by atoms with Crippen LogP contribution < -0.4 is 5.32 Å². The predicted octanol–water partition coefficient (Wildman–Crippen LogP) is 3.16. The number of methoxy groups -OCH3 is 1. The first-order chi connectivity index (χ1) is 10.3. The van der Waals surface area contributed by atoms with Crippen LogP contribution in [0.25, 0.3) is 6.08 Å². The van der Waals surface area contributed by atoms with E-state index in [4.69, 9.17) is 4.74 Å². The van der Waals surface area contributed by atoms with Crippen molar-refractivity contribution in [2.45, 2.75) is 13.2 Å². The standard InChI is InChI=1S/C18H19NO2/c1-21-14-17-10-6-5-9-16(17)13-19-18(20)12-11-15-7-3-2-4-8-15/h2-12H,13-14H2,1H3,(H,19,20)/b12-11+. The molecule has 0 aliphatic carbocycles. The Morgan fingerprint density at radius 2 is 1.71 bits per heavy atom. The fraction of sp³-hybridized carbons (Fsp3) is 0.167. The number of nitrogens with one attached hydrogen (secondary N) is 1. The highest BCUT2D eigenvalue weighted by Crippen LogP contribution is 2.09. The molecule has 2 aromatic carbocycles. The lowest BCUT2D eigenvalue weighted by molar-refractivity contribution is -0.116. The molecule has 0 aliphatic heterocycles. The summed E-state index contributed by atoms with van der Waals surface area (Å²) in [5.74, 6) is -0.105. The maximum Gasteiger partial charge on any atom is 0.244 e. The zero-order valence-corrected chi connectivity index (χ0v) is 12.1. The summed E-state index contributed by atoms with van der Waals surface area (Å²) in [7, 11) is 1.66. The van der Waals surface area contributed by atoms with Gasteiger partial charge in [-0.2, -0.15) is 0 Å². The van der Waals surface area contributed by atoms with Gasteiger partial charge in [0, 0.05) is 19.7 Å². The lowest BCUT2D eigenvalue weighted by atomic mass is 10.1. The molecule has 0 aromatic heterocycles. The van der Waals surface area contributed by atoms with Crippen LogP contribution in [0.15, 0.2) is 60.7 Å². The van der Waals surface area contributed by atoms with Gasteiger partial charge < -0.3 is 10.1 Å². The van der Waals surface area contributed by atoms with E-state index < -0.39 is 0 Å². The average molecular weight is 281 g/mol. The summed E-state index contributed by atoms with van der Waals surface area (Å²) in [6.45, 7) is 1.05. The molecule has 0 saturated carbocycles. The summed E-state index contributed by atoms with van der Waals surface area (Å²) in [6.07, 6.45) is 3.35. The van der Waals surface area contributed by atoms with Crippen molar-refractivity contribution in [1.82, 2.24) is 5.32 Å². The summed E-state index contributed by atoms with van der Waals surface area (Å²) >= 11 is 0.